The van der Waals surface area contributed by atoms with Crippen LogP contribution in [0.25, 0.3) is 0 Å². The smallest absolute Gasteiger partial charge is 0.252 e. The molecular weight excluding hydrogens is 415 g/mol. The highest BCUT2D eigenvalue weighted by Gasteiger charge is 2.20. The first-order valence-corrected chi connectivity index (χ1v) is 9.04. The van der Waals surface area contributed by atoms with E-state index in [0.29, 0.717) is 23.7 Å². The van der Waals surface area contributed by atoms with Gasteiger partial charge in [-0.1, -0.05) is 30.9 Å². The molecule has 0 heterocycles. The van der Waals surface area contributed by atoms with Gasteiger partial charge in [0, 0.05) is 27.6 Å². The van der Waals surface area contributed by atoms with E-state index in [9.17, 15) is 9.59 Å². The summed E-state index contributed by atoms with van der Waals surface area (Å²) < 4.78 is 0.853. The van der Waals surface area contributed by atoms with Crippen LogP contribution < -0.4 is 10.6 Å². The van der Waals surface area contributed by atoms with Crippen LogP contribution in [0, 0.1) is 9.49 Å². The van der Waals surface area contributed by atoms with E-state index in [1.54, 1.807) is 12.1 Å². The Morgan fingerprint density at radius 3 is 2.55 bits per heavy atom. The van der Waals surface area contributed by atoms with Gasteiger partial charge in [-0.05, 0) is 53.6 Å². The van der Waals surface area contributed by atoms with Crippen LogP contribution in [-0.2, 0) is 4.79 Å². The molecule has 0 bridgehead atoms. The Morgan fingerprint density at radius 2 is 1.82 bits per heavy atom. The molecule has 1 fully saturated rings. The predicted octanol–water partition coefficient (Wildman–Crippen LogP) is 3.37. The minimum Gasteiger partial charge on any atom is -0.354 e. The van der Waals surface area contributed by atoms with Gasteiger partial charge in [0.2, 0.25) is 5.91 Å². The summed E-state index contributed by atoms with van der Waals surface area (Å²) in [5.41, 5.74) is 0.562. The van der Waals surface area contributed by atoms with E-state index in [1.807, 2.05) is 6.07 Å². The lowest BCUT2D eigenvalue weighted by Crippen LogP contribution is -2.38. The van der Waals surface area contributed by atoms with Crippen molar-refractivity contribution in [3.8, 4) is 0 Å². The third kappa shape index (κ3) is 5.12. The van der Waals surface area contributed by atoms with Crippen LogP contribution in [0.5, 0.6) is 0 Å². The number of hydrogen-bond acceptors (Lipinski definition) is 2. The Kier molecular flexibility index (Phi) is 6.95. The molecule has 6 heteroatoms. The van der Waals surface area contributed by atoms with Crippen molar-refractivity contribution in [1.29, 1.82) is 0 Å². The fourth-order valence-electron chi connectivity index (χ4n) is 2.64. The zero-order valence-corrected chi connectivity index (χ0v) is 15.2. The standard InChI is InChI=1S/C16H20ClIN2O2/c17-12-6-7-14(18)13(10-12)16(22)20-9-8-19-15(21)11-4-2-1-3-5-11/h6-7,10-11H,1-5,8-9H2,(H,19,21)(H,20,22). The number of hydrogen-bond donors (Lipinski definition) is 2. The van der Waals surface area contributed by atoms with Crippen molar-refractivity contribution in [2.75, 3.05) is 13.1 Å². The summed E-state index contributed by atoms with van der Waals surface area (Å²) in [5, 5.41) is 6.25. The fraction of sp³-hybridized carbons (Fsp3) is 0.500. The van der Waals surface area contributed by atoms with Crippen LogP contribution in [0.4, 0.5) is 0 Å². The Balaban J connectivity index is 1.73. The van der Waals surface area contributed by atoms with Gasteiger partial charge >= 0.3 is 0 Å². The molecule has 1 saturated carbocycles. The molecule has 0 atom stereocenters. The molecule has 2 rings (SSSR count). The summed E-state index contributed by atoms with van der Waals surface area (Å²) in [5.74, 6) is 0.100. The Labute approximate surface area is 149 Å². The van der Waals surface area contributed by atoms with Crippen LogP contribution in [0.15, 0.2) is 18.2 Å². The first-order chi connectivity index (χ1) is 10.6. The van der Waals surface area contributed by atoms with Crippen LogP contribution in [0.3, 0.4) is 0 Å². The fourth-order valence-corrected chi connectivity index (χ4v) is 3.39. The van der Waals surface area contributed by atoms with E-state index in [4.69, 9.17) is 11.6 Å². The summed E-state index contributed by atoms with van der Waals surface area (Å²) in [6.07, 6.45) is 5.49. The summed E-state index contributed by atoms with van der Waals surface area (Å²) >= 11 is 8.01. The van der Waals surface area contributed by atoms with Gasteiger partial charge in [-0.2, -0.15) is 0 Å². The Morgan fingerprint density at radius 1 is 1.14 bits per heavy atom. The molecule has 1 aromatic rings. The number of carbonyl (C=O) groups is 2. The van der Waals surface area contributed by atoms with Crippen LogP contribution in [0.2, 0.25) is 5.02 Å². The minimum atomic E-state index is -0.168. The van der Waals surface area contributed by atoms with E-state index < -0.39 is 0 Å². The van der Waals surface area contributed by atoms with Gasteiger partial charge in [0.15, 0.2) is 0 Å². The number of halogens is 2. The quantitative estimate of drug-likeness (QED) is 0.551. The lowest BCUT2D eigenvalue weighted by atomic mass is 9.89. The first-order valence-electron chi connectivity index (χ1n) is 7.59. The molecule has 1 aromatic carbocycles. The second-order valence-corrected chi connectivity index (χ2v) is 7.10. The number of carbonyl (C=O) groups excluding carboxylic acids is 2. The van der Waals surface area contributed by atoms with Crippen LogP contribution in [0.1, 0.15) is 42.5 Å². The third-order valence-electron chi connectivity index (χ3n) is 3.86. The highest BCUT2D eigenvalue weighted by atomic mass is 127. The van der Waals surface area contributed by atoms with Crippen molar-refractivity contribution in [3.05, 3.63) is 32.4 Å². The van der Waals surface area contributed by atoms with Crippen LogP contribution in [-0.4, -0.2) is 24.9 Å². The second-order valence-electron chi connectivity index (χ2n) is 5.51. The first kappa shape index (κ1) is 17.5. The molecular formula is C16H20ClIN2O2. The van der Waals surface area contributed by atoms with E-state index in [-0.39, 0.29) is 17.7 Å². The molecule has 1 aliphatic rings. The average molecular weight is 435 g/mol. The Hall–Kier alpha value is -0.820. The zero-order valence-electron chi connectivity index (χ0n) is 12.3. The number of amides is 2. The highest BCUT2D eigenvalue weighted by Crippen LogP contribution is 2.23. The molecule has 22 heavy (non-hydrogen) atoms. The number of rotatable bonds is 5. The van der Waals surface area contributed by atoms with Crippen molar-refractivity contribution >= 4 is 46.0 Å². The topological polar surface area (TPSA) is 58.2 Å². The molecule has 0 spiro atoms. The van der Waals surface area contributed by atoms with E-state index >= 15 is 0 Å². The van der Waals surface area contributed by atoms with Gasteiger partial charge in [-0.25, -0.2) is 0 Å². The predicted molar refractivity (Wildman–Crippen MR) is 96.1 cm³/mol. The molecule has 0 aliphatic heterocycles. The minimum absolute atomic E-state index is 0.117. The molecule has 120 valence electrons. The zero-order chi connectivity index (χ0) is 15.9. The number of benzene rings is 1. The van der Waals surface area contributed by atoms with Crippen molar-refractivity contribution in [2.24, 2.45) is 5.92 Å². The molecule has 0 saturated heterocycles. The molecule has 1 aliphatic carbocycles. The van der Waals surface area contributed by atoms with E-state index in [0.717, 1.165) is 29.3 Å². The molecule has 0 aromatic heterocycles. The van der Waals surface area contributed by atoms with Crippen molar-refractivity contribution in [2.45, 2.75) is 32.1 Å². The maximum atomic E-state index is 12.1. The monoisotopic (exact) mass is 434 g/mol. The molecule has 2 amide bonds. The van der Waals surface area contributed by atoms with Crippen molar-refractivity contribution in [1.82, 2.24) is 10.6 Å². The third-order valence-corrected chi connectivity index (χ3v) is 5.03. The highest BCUT2D eigenvalue weighted by molar-refractivity contribution is 14.1. The maximum Gasteiger partial charge on any atom is 0.252 e. The van der Waals surface area contributed by atoms with Gasteiger partial charge in [0.05, 0.1) is 5.56 Å². The van der Waals surface area contributed by atoms with Gasteiger partial charge in [0.25, 0.3) is 5.91 Å². The molecule has 0 radical (unpaired) electrons. The average Bonchev–Trinajstić information content (AvgIpc) is 2.54. The van der Waals surface area contributed by atoms with E-state index in [2.05, 4.69) is 33.2 Å². The second kappa shape index (κ2) is 8.72. The van der Waals surface area contributed by atoms with Gasteiger partial charge < -0.3 is 10.6 Å². The van der Waals surface area contributed by atoms with E-state index in [1.165, 1.54) is 6.42 Å². The summed E-state index contributed by atoms with van der Waals surface area (Å²) in [4.78, 5) is 24.0. The van der Waals surface area contributed by atoms with Crippen LogP contribution >= 0.6 is 34.2 Å². The summed E-state index contributed by atoms with van der Waals surface area (Å²) in [7, 11) is 0. The normalized spacial score (nSPS) is 15.4. The number of nitrogens with one attached hydrogen (secondary N) is 2. The summed E-state index contributed by atoms with van der Waals surface area (Å²) in [6, 6.07) is 5.21. The van der Waals surface area contributed by atoms with Gasteiger partial charge in [0.1, 0.15) is 0 Å². The molecule has 2 N–H and O–H groups in total. The van der Waals surface area contributed by atoms with Gasteiger partial charge in [-0.15, -0.1) is 0 Å². The summed E-state index contributed by atoms with van der Waals surface area (Å²) in [6.45, 7) is 0.873. The lowest BCUT2D eigenvalue weighted by molar-refractivity contribution is -0.125. The lowest BCUT2D eigenvalue weighted by Gasteiger charge is -2.20. The maximum absolute atomic E-state index is 12.1. The van der Waals surface area contributed by atoms with Crippen molar-refractivity contribution in [3.63, 3.8) is 0 Å². The molecule has 0 unspecified atom stereocenters. The largest absolute Gasteiger partial charge is 0.354 e. The van der Waals surface area contributed by atoms with Crippen molar-refractivity contribution < 1.29 is 9.59 Å². The van der Waals surface area contributed by atoms with Gasteiger partial charge in [-0.3, -0.25) is 9.59 Å². The Bertz CT molecular complexity index is 545. The SMILES string of the molecule is O=C(NCCNC(=O)C1CCCCC1)c1cc(Cl)ccc1I. The molecule has 4 nitrogen and oxygen atoms in total.